The van der Waals surface area contributed by atoms with E-state index in [1.54, 1.807) is 0 Å². The van der Waals surface area contributed by atoms with Crippen molar-refractivity contribution in [1.82, 2.24) is 0 Å². The lowest BCUT2D eigenvalue weighted by Gasteiger charge is -2.49. The highest BCUT2D eigenvalue weighted by Gasteiger charge is 2.57. The van der Waals surface area contributed by atoms with E-state index in [4.69, 9.17) is 52.1 Å². The van der Waals surface area contributed by atoms with Gasteiger partial charge in [-0.2, -0.15) is 0 Å². The average Bonchev–Trinajstić information content (AvgIpc) is 3.45. The van der Waals surface area contributed by atoms with Gasteiger partial charge in [0.2, 0.25) is 12.6 Å². The topological polar surface area (TPSA) is 383 Å². The molecule has 3 saturated heterocycles. The predicted molar refractivity (Wildman–Crippen MR) is 293 cm³/mol. The first-order chi connectivity index (χ1) is 40.3. The molecule has 0 amide bonds. The minimum Gasteiger partial charge on any atom is -0.481 e. The van der Waals surface area contributed by atoms with Crippen molar-refractivity contribution in [2.24, 2.45) is 0 Å². The van der Waals surface area contributed by atoms with Crippen LogP contribution in [-0.4, -0.2) is 207 Å². The molecule has 3 fully saturated rings. The summed E-state index contributed by atoms with van der Waals surface area (Å²) in [5.41, 5.74) is 0. The van der Waals surface area contributed by atoms with Gasteiger partial charge >= 0.3 is 41.8 Å². The van der Waals surface area contributed by atoms with Crippen molar-refractivity contribution in [2.75, 3.05) is 19.8 Å². The number of aliphatic hydroxyl groups excluding tert-OH is 7. The molecule has 0 aromatic rings. The molecular weight excluding hydrogens is 1110 g/mol. The summed E-state index contributed by atoms with van der Waals surface area (Å²) in [6.45, 7) is 6.85. The smallest absolute Gasteiger partial charge is 0.310 e. The van der Waals surface area contributed by atoms with Gasteiger partial charge in [-0.3, -0.25) is 33.6 Å². The Bertz CT molecular complexity index is 1920. The van der Waals surface area contributed by atoms with E-state index < -0.39 is 192 Å². The van der Waals surface area contributed by atoms with Gasteiger partial charge in [0.15, 0.2) is 30.7 Å². The van der Waals surface area contributed by atoms with Gasteiger partial charge in [0.1, 0.15) is 61.0 Å². The number of hydrogen-bond donors (Lipinski definition) is 8. The van der Waals surface area contributed by atoms with E-state index in [0.717, 1.165) is 64.2 Å². The van der Waals surface area contributed by atoms with Crippen LogP contribution < -0.4 is 0 Å². The lowest BCUT2D eigenvalue weighted by Crippen LogP contribution is -2.67. The highest BCUT2D eigenvalue weighted by atomic mass is 16.8. The molecule has 0 bridgehead atoms. The first-order valence-electron chi connectivity index (χ1n) is 30.5. The lowest BCUT2D eigenvalue weighted by molar-refractivity contribution is -0.393. The maximum absolute atomic E-state index is 14.3. The normalized spacial score (nSPS) is 28.5. The quantitative estimate of drug-likeness (QED) is 0.0245. The van der Waals surface area contributed by atoms with Crippen molar-refractivity contribution in [1.29, 1.82) is 0 Å². The van der Waals surface area contributed by atoms with Crippen LogP contribution >= 0.6 is 0 Å². The molecule has 0 aliphatic carbocycles. The van der Waals surface area contributed by atoms with Crippen molar-refractivity contribution < 1.29 is 127 Å². The van der Waals surface area contributed by atoms with Crippen LogP contribution in [-0.2, 0) is 85.7 Å². The van der Waals surface area contributed by atoms with Crippen molar-refractivity contribution in [3.8, 4) is 0 Å². The third kappa shape index (κ3) is 25.6. The van der Waals surface area contributed by atoms with Gasteiger partial charge in [-0.05, 0) is 44.9 Å². The van der Waals surface area contributed by atoms with E-state index in [1.165, 1.54) is 0 Å². The molecule has 3 aliphatic rings. The minimum atomic E-state index is -2.18. The van der Waals surface area contributed by atoms with E-state index in [9.17, 15) is 74.4 Å². The third-order valence-electron chi connectivity index (χ3n) is 14.7. The Balaban J connectivity index is 2.13. The van der Waals surface area contributed by atoms with Gasteiger partial charge in [-0.25, -0.2) is 0 Å². The Kier molecular flexibility index (Phi) is 36.2. The Morgan fingerprint density at radius 1 is 0.369 bits per heavy atom. The van der Waals surface area contributed by atoms with Gasteiger partial charge in [-0.15, -0.1) is 0 Å². The zero-order valence-electron chi connectivity index (χ0n) is 49.7. The van der Waals surface area contributed by atoms with Gasteiger partial charge in [0, 0.05) is 19.3 Å². The fraction of sp³-hybridized carbons (Fsp3) is 0.879. The molecule has 17 atom stereocenters. The predicted octanol–water partition coefficient (Wildman–Crippen LogP) is 3.78. The van der Waals surface area contributed by atoms with Gasteiger partial charge < -0.3 is 93.0 Å². The number of carboxylic acid groups (broad SMARTS) is 1. The Labute approximate surface area is 492 Å². The van der Waals surface area contributed by atoms with Gasteiger partial charge in [0.25, 0.3) is 0 Å². The zero-order chi connectivity index (χ0) is 62.1. The fourth-order valence-corrected chi connectivity index (χ4v) is 9.90. The molecule has 3 rings (SSSR count). The number of carboxylic acids is 1. The van der Waals surface area contributed by atoms with E-state index in [0.29, 0.717) is 51.4 Å². The van der Waals surface area contributed by atoms with Crippen LogP contribution in [0.4, 0.5) is 0 Å². The second kappa shape index (κ2) is 41.1. The molecule has 0 spiro atoms. The van der Waals surface area contributed by atoms with Crippen LogP contribution in [0.25, 0.3) is 0 Å². The number of aliphatic carboxylic acids is 1. The molecule has 486 valence electrons. The molecule has 0 aromatic heterocycles. The number of ether oxygens (including phenoxy) is 11. The number of esters is 6. The zero-order valence-corrected chi connectivity index (χ0v) is 49.7. The summed E-state index contributed by atoms with van der Waals surface area (Å²) in [6, 6.07) is 0. The third-order valence-corrected chi connectivity index (χ3v) is 14.7. The number of hydrogen-bond acceptors (Lipinski definition) is 25. The summed E-state index contributed by atoms with van der Waals surface area (Å²) >= 11 is 0. The first-order valence-corrected chi connectivity index (χ1v) is 30.5. The van der Waals surface area contributed by atoms with Crippen molar-refractivity contribution >= 4 is 41.8 Å². The Morgan fingerprint density at radius 3 is 1.27 bits per heavy atom. The van der Waals surface area contributed by atoms with Crippen molar-refractivity contribution in [3.63, 3.8) is 0 Å². The first kappa shape index (κ1) is 74.1. The maximum atomic E-state index is 14.3. The van der Waals surface area contributed by atoms with Crippen molar-refractivity contribution in [3.05, 3.63) is 0 Å². The SMILES string of the molecule is CCCCCCCC(CC(=O)O[C@@H]1[C@@H](O)[C@H](OC(=O)CCC(=O)O)[C@H](O[C@H]2O[C@H](CO)[C@@H](O)[C@H](O[C@@H]3O[C@H](CO)[C@@H](O)[C@H](OC(=O)CCCCC)[C@H]3O)[C@H]2OC(=O)CC(CCCCC)OC(=O)CCCCC)O[C@H]1CO)OC(=O)CCCCC. The molecule has 3 heterocycles. The van der Waals surface area contributed by atoms with Crippen LogP contribution in [0.15, 0.2) is 0 Å². The molecule has 26 nitrogen and oxygen atoms in total. The minimum absolute atomic E-state index is 0.0605. The summed E-state index contributed by atoms with van der Waals surface area (Å²) in [5.74, 6) is -6.72. The van der Waals surface area contributed by atoms with E-state index in [1.807, 2.05) is 27.7 Å². The van der Waals surface area contributed by atoms with Crippen LogP contribution in [0.2, 0.25) is 0 Å². The van der Waals surface area contributed by atoms with Gasteiger partial charge in [0.05, 0.1) is 45.5 Å². The second-order valence-corrected chi connectivity index (χ2v) is 21.8. The van der Waals surface area contributed by atoms with Crippen LogP contribution in [0.3, 0.4) is 0 Å². The fourth-order valence-electron chi connectivity index (χ4n) is 9.90. The molecule has 0 aromatic carbocycles. The highest BCUT2D eigenvalue weighted by Crippen LogP contribution is 2.36. The molecular formula is C58H98O26. The standard InChI is InChI=1S/C58H98O26/c1-6-11-16-17-22-24-36(75-42(65)26-20-14-9-4)30-45(68)81-51-39(34-61)78-57(54(49(51)72)80-44(67)29-28-40(62)63)84-58-55(82-46(69)31-35(23-18-12-7-2)74-41(64)25-19-13-8-3)53(48(71)38(33-60)77-58)83-56-50(73)52(47(70)37(32-59)76-56)79-43(66)27-21-15-10-5/h35-39,47-61,70-73H,6-34H2,1-5H3,(H,62,63)/t35?,36?,37-,38-,39+,47-,48-,49-,50-,51+,52+,53+,54+,55-,56+,57+,58-/m1/s1. The molecule has 0 radical (unpaired) electrons. The van der Waals surface area contributed by atoms with Crippen LogP contribution in [0.5, 0.6) is 0 Å². The Hall–Kier alpha value is -4.19. The molecule has 84 heavy (non-hydrogen) atoms. The van der Waals surface area contributed by atoms with E-state index >= 15 is 0 Å². The monoisotopic (exact) mass is 1210 g/mol. The molecule has 3 aliphatic heterocycles. The molecule has 2 unspecified atom stereocenters. The van der Waals surface area contributed by atoms with Crippen LogP contribution in [0, 0.1) is 0 Å². The lowest BCUT2D eigenvalue weighted by atomic mass is 9.96. The summed E-state index contributed by atoms with van der Waals surface area (Å²) < 4.78 is 64.5. The maximum Gasteiger partial charge on any atom is 0.310 e. The largest absolute Gasteiger partial charge is 0.481 e. The number of carbonyl (C=O) groups is 7. The Morgan fingerprint density at radius 2 is 0.762 bits per heavy atom. The average molecular weight is 1210 g/mol. The van der Waals surface area contributed by atoms with Crippen LogP contribution in [0.1, 0.15) is 202 Å². The van der Waals surface area contributed by atoms with E-state index in [2.05, 4.69) is 6.92 Å². The molecule has 8 N–H and O–H groups in total. The summed E-state index contributed by atoms with van der Waals surface area (Å²) in [4.78, 5) is 92.0. The number of rotatable bonds is 42. The summed E-state index contributed by atoms with van der Waals surface area (Å²) in [5, 5.41) is 87.9. The number of aliphatic hydroxyl groups is 7. The molecule has 0 saturated carbocycles. The highest BCUT2D eigenvalue weighted by molar-refractivity contribution is 5.77. The second-order valence-electron chi connectivity index (χ2n) is 21.8. The van der Waals surface area contributed by atoms with Gasteiger partial charge in [-0.1, -0.05) is 112 Å². The summed E-state index contributed by atoms with van der Waals surface area (Å²) in [7, 11) is 0. The molecule has 26 heteroatoms. The summed E-state index contributed by atoms with van der Waals surface area (Å²) in [6.07, 6.45) is -21.2. The number of unbranched alkanes of at least 4 members (excludes halogenated alkanes) is 12. The van der Waals surface area contributed by atoms with Crippen molar-refractivity contribution in [2.45, 2.75) is 306 Å². The van der Waals surface area contributed by atoms with E-state index in [-0.39, 0.29) is 25.7 Å². The number of carbonyl (C=O) groups excluding carboxylic acids is 6.